The topological polar surface area (TPSA) is 89.7 Å². The number of nitrogen functional groups attached to an aromatic ring is 1. The maximum atomic E-state index is 5.97. The van der Waals surface area contributed by atoms with Crippen LogP contribution in [-0.4, -0.2) is 20.2 Å². The normalized spacial score (nSPS) is 10.8. The minimum absolute atomic E-state index is 0.123. The van der Waals surface area contributed by atoms with Crippen LogP contribution in [0.5, 0.6) is 11.6 Å². The number of hydrogen-bond acceptors (Lipinski definition) is 5. The molecule has 0 aliphatic rings. The molecule has 3 rings (SSSR count). The van der Waals surface area contributed by atoms with Crippen LogP contribution in [0.25, 0.3) is 11.0 Å². The molecule has 0 radical (unpaired) electrons. The highest BCUT2D eigenvalue weighted by atomic mass is 35.5. The Balaban J connectivity index is 2.04. The van der Waals surface area contributed by atoms with Gasteiger partial charge in [-0.15, -0.1) is 0 Å². The third-order valence-corrected chi connectivity index (χ3v) is 3.06. The zero-order valence-corrected chi connectivity index (χ0v) is 10.8. The highest BCUT2D eigenvalue weighted by Crippen LogP contribution is 2.29. The van der Waals surface area contributed by atoms with Gasteiger partial charge in [-0.2, -0.15) is 15.1 Å². The number of anilines is 1. The van der Waals surface area contributed by atoms with Gasteiger partial charge in [0.15, 0.2) is 5.65 Å². The molecule has 0 unspecified atom stereocenters. The van der Waals surface area contributed by atoms with E-state index in [0.29, 0.717) is 27.7 Å². The highest BCUT2D eigenvalue weighted by molar-refractivity contribution is 6.31. The number of nitrogens with one attached hydrogen (secondary N) is 1. The molecule has 0 atom stereocenters. The number of ether oxygens (including phenoxy) is 1. The molecule has 0 saturated heterocycles. The number of fused-ring (bicyclic) bond motifs is 1. The molecule has 0 bridgehead atoms. The second-order valence-electron chi connectivity index (χ2n) is 4.03. The van der Waals surface area contributed by atoms with E-state index < -0.39 is 0 Å². The third kappa shape index (κ3) is 2.17. The van der Waals surface area contributed by atoms with Gasteiger partial charge in [-0.1, -0.05) is 11.6 Å². The Kier molecular flexibility index (Phi) is 2.72. The Morgan fingerprint density at radius 3 is 2.95 bits per heavy atom. The van der Waals surface area contributed by atoms with Gasteiger partial charge < -0.3 is 10.5 Å². The lowest BCUT2D eigenvalue weighted by molar-refractivity contribution is 0.469. The smallest absolute Gasteiger partial charge is 0.235 e. The summed E-state index contributed by atoms with van der Waals surface area (Å²) >= 11 is 5.97. The molecule has 0 amide bonds. The van der Waals surface area contributed by atoms with Crippen molar-refractivity contribution in [2.75, 3.05) is 5.73 Å². The Morgan fingerprint density at radius 1 is 1.32 bits per heavy atom. The van der Waals surface area contributed by atoms with Crippen LogP contribution < -0.4 is 10.5 Å². The lowest BCUT2D eigenvalue weighted by Crippen LogP contribution is -1.98. The minimum atomic E-state index is 0.123. The standard InChI is InChI=1S/C12H10ClN5O/c1-6-4-7(2-3-9(6)13)19-11-8-5-15-18-10(8)16-12(14)17-11/h2-5H,1H3,(H3,14,15,16,17,18). The molecule has 0 fully saturated rings. The van der Waals surface area contributed by atoms with E-state index in [0.717, 1.165) is 5.56 Å². The van der Waals surface area contributed by atoms with E-state index >= 15 is 0 Å². The average Bonchev–Trinajstić information content (AvgIpc) is 2.82. The molecule has 3 aromatic rings. The maximum absolute atomic E-state index is 5.97. The van der Waals surface area contributed by atoms with Crippen LogP contribution in [0.3, 0.4) is 0 Å². The molecule has 6 nitrogen and oxygen atoms in total. The number of rotatable bonds is 2. The number of H-pyrrole nitrogens is 1. The molecule has 0 aliphatic heterocycles. The summed E-state index contributed by atoms with van der Waals surface area (Å²) in [6.07, 6.45) is 1.59. The van der Waals surface area contributed by atoms with Gasteiger partial charge >= 0.3 is 0 Å². The van der Waals surface area contributed by atoms with Gasteiger partial charge in [0.05, 0.1) is 6.20 Å². The largest absolute Gasteiger partial charge is 0.438 e. The molecular formula is C12H10ClN5O. The predicted molar refractivity (Wildman–Crippen MR) is 72.4 cm³/mol. The van der Waals surface area contributed by atoms with Gasteiger partial charge in [0, 0.05) is 5.02 Å². The van der Waals surface area contributed by atoms with Crippen LogP contribution in [0.15, 0.2) is 24.4 Å². The molecule has 2 heterocycles. The number of nitrogens with two attached hydrogens (primary N) is 1. The zero-order valence-electron chi connectivity index (χ0n) is 10.0. The van der Waals surface area contributed by atoms with E-state index in [1.165, 1.54) is 0 Å². The molecule has 1 aromatic carbocycles. The third-order valence-electron chi connectivity index (χ3n) is 2.64. The fourth-order valence-electron chi connectivity index (χ4n) is 1.69. The summed E-state index contributed by atoms with van der Waals surface area (Å²) in [6, 6.07) is 5.36. The first-order valence-corrected chi connectivity index (χ1v) is 5.92. The van der Waals surface area contributed by atoms with E-state index in [1.54, 1.807) is 18.3 Å². The lowest BCUT2D eigenvalue weighted by Gasteiger charge is -2.07. The maximum Gasteiger partial charge on any atom is 0.235 e. The van der Waals surface area contributed by atoms with Crippen molar-refractivity contribution in [1.82, 2.24) is 20.2 Å². The summed E-state index contributed by atoms with van der Waals surface area (Å²) in [5.41, 5.74) is 7.08. The minimum Gasteiger partial charge on any atom is -0.438 e. The van der Waals surface area contributed by atoms with Gasteiger partial charge in [-0.05, 0) is 30.7 Å². The molecule has 0 spiro atoms. The second-order valence-corrected chi connectivity index (χ2v) is 4.44. The van der Waals surface area contributed by atoms with E-state index in [1.807, 2.05) is 13.0 Å². The Hall–Kier alpha value is -2.34. The molecule has 7 heteroatoms. The molecular weight excluding hydrogens is 266 g/mol. The Bertz CT molecular complexity index is 755. The van der Waals surface area contributed by atoms with Crippen molar-refractivity contribution in [2.24, 2.45) is 0 Å². The summed E-state index contributed by atoms with van der Waals surface area (Å²) < 4.78 is 5.72. The molecule has 0 aliphatic carbocycles. The highest BCUT2D eigenvalue weighted by Gasteiger charge is 2.10. The summed E-state index contributed by atoms with van der Waals surface area (Å²) in [7, 11) is 0. The number of hydrogen-bond donors (Lipinski definition) is 2. The van der Waals surface area contributed by atoms with Crippen molar-refractivity contribution in [1.29, 1.82) is 0 Å². The van der Waals surface area contributed by atoms with Crippen LogP contribution in [-0.2, 0) is 0 Å². The number of aromatic amines is 1. The average molecular weight is 276 g/mol. The summed E-state index contributed by atoms with van der Waals surface area (Å²) in [4.78, 5) is 8.09. The molecule has 2 aromatic heterocycles. The number of aromatic nitrogens is 4. The summed E-state index contributed by atoms with van der Waals surface area (Å²) in [6.45, 7) is 1.90. The summed E-state index contributed by atoms with van der Waals surface area (Å²) in [5, 5.41) is 7.97. The Labute approximate surface area is 113 Å². The number of nitrogens with zero attached hydrogens (tertiary/aromatic N) is 3. The van der Waals surface area contributed by atoms with E-state index in [2.05, 4.69) is 20.2 Å². The van der Waals surface area contributed by atoms with E-state index in [-0.39, 0.29) is 5.95 Å². The number of aryl methyl sites for hydroxylation is 1. The van der Waals surface area contributed by atoms with E-state index in [9.17, 15) is 0 Å². The van der Waals surface area contributed by atoms with Crippen molar-refractivity contribution in [3.8, 4) is 11.6 Å². The number of benzene rings is 1. The van der Waals surface area contributed by atoms with Crippen LogP contribution in [0.1, 0.15) is 5.56 Å². The van der Waals surface area contributed by atoms with Crippen LogP contribution in [0, 0.1) is 6.92 Å². The molecule has 96 valence electrons. The van der Waals surface area contributed by atoms with Gasteiger partial charge in [-0.3, -0.25) is 5.10 Å². The Morgan fingerprint density at radius 2 is 2.16 bits per heavy atom. The van der Waals surface area contributed by atoms with Gasteiger partial charge in [0.2, 0.25) is 11.8 Å². The fraction of sp³-hybridized carbons (Fsp3) is 0.0833. The van der Waals surface area contributed by atoms with Crippen molar-refractivity contribution >= 4 is 28.6 Å². The molecule has 19 heavy (non-hydrogen) atoms. The SMILES string of the molecule is Cc1cc(Oc2nc(N)nc3[nH]ncc23)ccc1Cl. The van der Waals surface area contributed by atoms with Gasteiger partial charge in [-0.25, -0.2) is 0 Å². The number of halogens is 1. The van der Waals surface area contributed by atoms with Crippen molar-refractivity contribution in [3.05, 3.63) is 35.0 Å². The van der Waals surface area contributed by atoms with Crippen LogP contribution in [0.4, 0.5) is 5.95 Å². The zero-order chi connectivity index (χ0) is 13.4. The first-order chi connectivity index (χ1) is 9.13. The van der Waals surface area contributed by atoms with Crippen molar-refractivity contribution < 1.29 is 4.74 Å². The van der Waals surface area contributed by atoms with Crippen LogP contribution >= 0.6 is 11.6 Å². The monoisotopic (exact) mass is 275 g/mol. The summed E-state index contributed by atoms with van der Waals surface area (Å²) in [5.74, 6) is 1.11. The second kappa shape index (κ2) is 4.40. The first kappa shape index (κ1) is 11.7. The van der Waals surface area contributed by atoms with Gasteiger partial charge in [0.25, 0.3) is 0 Å². The molecule has 3 N–H and O–H groups in total. The van der Waals surface area contributed by atoms with Crippen molar-refractivity contribution in [2.45, 2.75) is 6.92 Å². The quantitative estimate of drug-likeness (QED) is 0.750. The van der Waals surface area contributed by atoms with E-state index in [4.69, 9.17) is 22.1 Å². The fourth-order valence-corrected chi connectivity index (χ4v) is 1.81. The van der Waals surface area contributed by atoms with Crippen molar-refractivity contribution in [3.63, 3.8) is 0 Å². The lowest BCUT2D eigenvalue weighted by atomic mass is 10.2. The van der Waals surface area contributed by atoms with Crippen LogP contribution in [0.2, 0.25) is 5.02 Å². The first-order valence-electron chi connectivity index (χ1n) is 5.54. The predicted octanol–water partition coefficient (Wildman–Crippen LogP) is 2.69. The van der Waals surface area contributed by atoms with Gasteiger partial charge in [0.1, 0.15) is 11.1 Å². The molecule has 0 saturated carbocycles.